The number of aromatic nitrogens is 1. The predicted octanol–water partition coefficient (Wildman–Crippen LogP) is 0.523. The lowest BCUT2D eigenvalue weighted by molar-refractivity contribution is -0.121. The molecule has 6 nitrogen and oxygen atoms in total. The van der Waals surface area contributed by atoms with Crippen LogP contribution in [0.4, 0.5) is 0 Å². The van der Waals surface area contributed by atoms with Gasteiger partial charge in [-0.1, -0.05) is 0 Å². The molecule has 2 rings (SSSR count). The molecule has 0 bridgehead atoms. The van der Waals surface area contributed by atoms with Gasteiger partial charge < -0.3 is 10.2 Å². The summed E-state index contributed by atoms with van der Waals surface area (Å²) in [5, 5.41) is 2.64. The van der Waals surface area contributed by atoms with Crippen LogP contribution in [0.1, 0.15) is 35.8 Å². The van der Waals surface area contributed by atoms with E-state index in [1.807, 2.05) is 0 Å². The van der Waals surface area contributed by atoms with E-state index in [9.17, 15) is 14.4 Å². The number of carbonyl (C=O) groups excluding carboxylic acids is 3. The van der Waals surface area contributed by atoms with Crippen LogP contribution in [-0.4, -0.2) is 40.6 Å². The molecule has 1 saturated heterocycles. The van der Waals surface area contributed by atoms with Crippen molar-refractivity contribution in [3.8, 4) is 0 Å². The number of carbonyl (C=O) groups is 3. The van der Waals surface area contributed by atoms with E-state index in [2.05, 4.69) is 10.3 Å². The van der Waals surface area contributed by atoms with Gasteiger partial charge >= 0.3 is 0 Å². The number of rotatable bonds is 3. The van der Waals surface area contributed by atoms with E-state index in [0.29, 0.717) is 43.7 Å². The summed E-state index contributed by atoms with van der Waals surface area (Å²) >= 11 is 0. The van der Waals surface area contributed by atoms with Crippen molar-refractivity contribution in [1.29, 1.82) is 0 Å². The molecule has 0 aliphatic carbocycles. The molecule has 0 radical (unpaired) electrons. The fraction of sp³-hybridized carbons (Fsp3) is 0.429. The minimum Gasteiger partial charge on any atom is -0.351 e. The fourth-order valence-electron chi connectivity index (χ4n) is 2.06. The van der Waals surface area contributed by atoms with Gasteiger partial charge in [0.2, 0.25) is 5.91 Å². The summed E-state index contributed by atoms with van der Waals surface area (Å²) < 4.78 is 0. The Morgan fingerprint density at radius 2 is 2.05 bits per heavy atom. The molecule has 20 heavy (non-hydrogen) atoms. The highest BCUT2D eigenvalue weighted by Gasteiger charge is 2.21. The average Bonchev–Trinajstić information content (AvgIpc) is 2.45. The van der Waals surface area contributed by atoms with Gasteiger partial charge in [-0.2, -0.15) is 0 Å². The third kappa shape index (κ3) is 3.63. The lowest BCUT2D eigenvalue weighted by atomic mass is 10.1. The largest absolute Gasteiger partial charge is 0.351 e. The Labute approximate surface area is 117 Å². The maximum atomic E-state index is 12.3. The monoisotopic (exact) mass is 275 g/mol. The zero-order valence-electron chi connectivity index (χ0n) is 11.4. The van der Waals surface area contributed by atoms with Gasteiger partial charge in [-0.25, -0.2) is 0 Å². The molecule has 0 atom stereocenters. The van der Waals surface area contributed by atoms with Gasteiger partial charge in [-0.05, 0) is 12.1 Å². The van der Waals surface area contributed by atoms with Crippen molar-refractivity contribution < 1.29 is 14.4 Å². The number of ketones is 1. The van der Waals surface area contributed by atoms with Crippen LogP contribution in [0.25, 0.3) is 0 Å². The summed E-state index contributed by atoms with van der Waals surface area (Å²) in [5.74, 6) is -0.0304. The summed E-state index contributed by atoms with van der Waals surface area (Å²) in [6, 6.07) is 3.32. The molecule has 106 valence electrons. The standard InChI is InChI=1S/C14H17N3O3/c1-10(18)16-9-12-8-11(2-5-15-12)14(20)17-6-3-13(19)4-7-17/h2,5,8H,3-4,6-7,9H2,1H3,(H,16,18). The second kappa shape index (κ2) is 6.27. The Kier molecular flexibility index (Phi) is 4.45. The number of amides is 2. The highest BCUT2D eigenvalue weighted by atomic mass is 16.2. The second-order valence-electron chi connectivity index (χ2n) is 4.78. The molecular weight excluding hydrogens is 258 g/mol. The Hall–Kier alpha value is -2.24. The van der Waals surface area contributed by atoms with Gasteiger partial charge in [0.15, 0.2) is 0 Å². The first kappa shape index (κ1) is 14.2. The van der Waals surface area contributed by atoms with Crippen molar-refractivity contribution in [2.24, 2.45) is 0 Å². The van der Waals surface area contributed by atoms with Gasteiger partial charge in [0.05, 0.1) is 12.2 Å². The molecule has 1 fully saturated rings. The van der Waals surface area contributed by atoms with Crippen LogP contribution in [0.15, 0.2) is 18.3 Å². The van der Waals surface area contributed by atoms with Crippen LogP contribution in [-0.2, 0) is 16.1 Å². The number of hydrogen-bond acceptors (Lipinski definition) is 4. The zero-order valence-corrected chi connectivity index (χ0v) is 11.4. The maximum Gasteiger partial charge on any atom is 0.253 e. The predicted molar refractivity (Wildman–Crippen MR) is 71.9 cm³/mol. The van der Waals surface area contributed by atoms with Gasteiger partial charge in [0, 0.05) is 44.6 Å². The topological polar surface area (TPSA) is 79.4 Å². The summed E-state index contributed by atoms with van der Waals surface area (Å²) in [6.45, 7) is 2.68. The third-order valence-corrected chi connectivity index (χ3v) is 3.19. The molecule has 1 aliphatic rings. The molecule has 0 saturated carbocycles. The van der Waals surface area contributed by atoms with Crippen molar-refractivity contribution in [3.05, 3.63) is 29.6 Å². The number of likely N-dealkylation sites (tertiary alicyclic amines) is 1. The van der Waals surface area contributed by atoms with Crippen LogP contribution in [0.2, 0.25) is 0 Å². The SMILES string of the molecule is CC(=O)NCc1cc(C(=O)N2CCC(=O)CC2)ccn1. The van der Waals surface area contributed by atoms with Gasteiger partial charge in [0.25, 0.3) is 5.91 Å². The highest BCUT2D eigenvalue weighted by Crippen LogP contribution is 2.11. The smallest absolute Gasteiger partial charge is 0.253 e. The van der Waals surface area contributed by atoms with E-state index in [4.69, 9.17) is 0 Å². The van der Waals surface area contributed by atoms with Crippen molar-refractivity contribution in [3.63, 3.8) is 0 Å². The van der Waals surface area contributed by atoms with Gasteiger partial charge in [-0.3, -0.25) is 19.4 Å². The Balaban J connectivity index is 2.04. The normalized spacial score (nSPS) is 15.1. The van der Waals surface area contributed by atoms with Crippen molar-refractivity contribution >= 4 is 17.6 Å². The minimum absolute atomic E-state index is 0.0935. The third-order valence-electron chi connectivity index (χ3n) is 3.19. The molecule has 1 aromatic heterocycles. The Morgan fingerprint density at radius 1 is 1.35 bits per heavy atom. The molecule has 1 aliphatic heterocycles. The van der Waals surface area contributed by atoms with E-state index in [1.54, 1.807) is 23.2 Å². The molecule has 2 heterocycles. The van der Waals surface area contributed by atoms with Crippen LogP contribution in [0.5, 0.6) is 0 Å². The first-order valence-corrected chi connectivity index (χ1v) is 6.56. The number of pyridine rings is 1. The quantitative estimate of drug-likeness (QED) is 0.872. The number of Topliss-reactive ketones (excluding diaryl/α,β-unsaturated/α-hetero) is 1. The van der Waals surface area contributed by atoms with Gasteiger partial charge in [-0.15, -0.1) is 0 Å². The molecule has 6 heteroatoms. The lowest BCUT2D eigenvalue weighted by Gasteiger charge is -2.26. The van der Waals surface area contributed by atoms with E-state index in [0.717, 1.165) is 0 Å². The summed E-state index contributed by atoms with van der Waals surface area (Å²) in [7, 11) is 0. The highest BCUT2D eigenvalue weighted by molar-refractivity contribution is 5.95. The summed E-state index contributed by atoms with van der Waals surface area (Å²) in [6.07, 6.45) is 2.41. The van der Waals surface area contributed by atoms with Gasteiger partial charge in [0.1, 0.15) is 5.78 Å². The van der Waals surface area contributed by atoms with Crippen LogP contribution in [0, 0.1) is 0 Å². The number of hydrogen-bond donors (Lipinski definition) is 1. The first-order valence-electron chi connectivity index (χ1n) is 6.56. The van der Waals surface area contributed by atoms with Crippen LogP contribution in [0.3, 0.4) is 0 Å². The lowest BCUT2D eigenvalue weighted by Crippen LogP contribution is -2.38. The summed E-state index contributed by atoms with van der Waals surface area (Å²) in [5.41, 5.74) is 1.17. The second-order valence-corrected chi connectivity index (χ2v) is 4.78. The van der Waals surface area contributed by atoms with E-state index in [1.165, 1.54) is 6.92 Å². The molecule has 0 aromatic carbocycles. The molecular formula is C14H17N3O3. The van der Waals surface area contributed by atoms with E-state index < -0.39 is 0 Å². The molecule has 1 N–H and O–H groups in total. The minimum atomic E-state index is -0.141. The summed E-state index contributed by atoms with van der Waals surface area (Å²) in [4.78, 5) is 40.1. The molecule has 0 unspecified atom stereocenters. The van der Waals surface area contributed by atoms with Crippen molar-refractivity contribution in [2.75, 3.05) is 13.1 Å². The molecule has 1 aromatic rings. The Bertz CT molecular complexity index is 532. The Morgan fingerprint density at radius 3 is 2.70 bits per heavy atom. The van der Waals surface area contributed by atoms with E-state index >= 15 is 0 Å². The van der Waals surface area contributed by atoms with Crippen molar-refractivity contribution in [1.82, 2.24) is 15.2 Å². The van der Waals surface area contributed by atoms with E-state index in [-0.39, 0.29) is 17.6 Å². The molecule has 2 amide bonds. The number of piperidine rings is 1. The zero-order chi connectivity index (χ0) is 14.5. The number of nitrogens with one attached hydrogen (secondary N) is 1. The van der Waals surface area contributed by atoms with Crippen LogP contribution >= 0.6 is 0 Å². The first-order chi connectivity index (χ1) is 9.56. The maximum absolute atomic E-state index is 12.3. The van der Waals surface area contributed by atoms with Crippen LogP contribution < -0.4 is 5.32 Å². The molecule has 0 spiro atoms. The van der Waals surface area contributed by atoms with Crippen molar-refractivity contribution in [2.45, 2.75) is 26.3 Å². The fourth-order valence-corrected chi connectivity index (χ4v) is 2.06. The number of nitrogens with zero attached hydrogens (tertiary/aromatic N) is 2. The average molecular weight is 275 g/mol.